The zero-order valence-electron chi connectivity index (χ0n) is 11.1. The van der Waals surface area contributed by atoms with E-state index in [0.29, 0.717) is 5.25 Å². The lowest BCUT2D eigenvalue weighted by Gasteiger charge is -2.38. The van der Waals surface area contributed by atoms with E-state index in [9.17, 15) is 5.11 Å². The Morgan fingerprint density at radius 1 is 1.28 bits per heavy atom. The van der Waals surface area contributed by atoms with Crippen LogP contribution in [0, 0.1) is 0 Å². The maximum Gasteiger partial charge on any atom is 0.101 e. The van der Waals surface area contributed by atoms with Gasteiger partial charge in [-0.1, -0.05) is 37.6 Å². The molecule has 0 spiro atoms. The van der Waals surface area contributed by atoms with Crippen molar-refractivity contribution >= 4 is 11.8 Å². The molecule has 2 heteroatoms. The van der Waals surface area contributed by atoms with Crippen molar-refractivity contribution in [3.8, 4) is 0 Å². The maximum absolute atomic E-state index is 11.0. The fourth-order valence-corrected chi connectivity index (χ4v) is 4.32. The first kappa shape index (κ1) is 12.6. The van der Waals surface area contributed by atoms with Crippen molar-refractivity contribution in [2.24, 2.45) is 0 Å². The highest BCUT2D eigenvalue weighted by Gasteiger charge is 2.38. The Morgan fingerprint density at radius 2 is 2.11 bits per heavy atom. The molecule has 1 aromatic rings. The third-order valence-corrected chi connectivity index (χ3v) is 6.12. The van der Waals surface area contributed by atoms with Gasteiger partial charge in [0.15, 0.2) is 0 Å². The van der Waals surface area contributed by atoms with Gasteiger partial charge in [-0.3, -0.25) is 0 Å². The first-order valence-corrected chi connectivity index (χ1v) is 8.19. The summed E-state index contributed by atoms with van der Waals surface area (Å²) < 4.78 is 0. The van der Waals surface area contributed by atoms with Gasteiger partial charge in [0.2, 0.25) is 0 Å². The minimum Gasteiger partial charge on any atom is -0.384 e. The van der Waals surface area contributed by atoms with Crippen LogP contribution < -0.4 is 0 Å². The van der Waals surface area contributed by atoms with Crippen LogP contribution in [0.5, 0.6) is 0 Å². The monoisotopic (exact) mass is 262 g/mol. The summed E-state index contributed by atoms with van der Waals surface area (Å²) in [6, 6.07) is 8.75. The smallest absolute Gasteiger partial charge is 0.101 e. The summed E-state index contributed by atoms with van der Waals surface area (Å²) in [5, 5.41) is 11.3. The number of benzene rings is 1. The highest BCUT2D eigenvalue weighted by atomic mass is 32.2. The van der Waals surface area contributed by atoms with Gasteiger partial charge in [0.1, 0.15) is 5.60 Å². The molecule has 1 heterocycles. The Balaban J connectivity index is 1.90. The molecule has 1 N–H and O–H groups in total. The number of rotatable bonds is 2. The van der Waals surface area contributed by atoms with Gasteiger partial charge in [-0.25, -0.2) is 0 Å². The van der Waals surface area contributed by atoms with E-state index in [1.165, 1.54) is 30.6 Å². The second-order valence-electron chi connectivity index (χ2n) is 5.79. The molecule has 3 rings (SSSR count). The summed E-state index contributed by atoms with van der Waals surface area (Å²) in [6.45, 7) is 2.17. The average molecular weight is 262 g/mol. The number of hydrogen-bond acceptors (Lipinski definition) is 2. The van der Waals surface area contributed by atoms with Gasteiger partial charge in [0, 0.05) is 5.25 Å². The SMILES string of the molecule is CC1SCCCC1(O)c1cccc(C2CCC2)c1. The highest BCUT2D eigenvalue weighted by Crippen LogP contribution is 2.43. The molecule has 1 nitrogen and oxygen atoms in total. The third kappa shape index (κ3) is 2.10. The topological polar surface area (TPSA) is 20.2 Å². The second-order valence-corrected chi connectivity index (χ2v) is 7.24. The van der Waals surface area contributed by atoms with E-state index in [0.717, 1.165) is 24.3 Å². The zero-order chi connectivity index (χ0) is 12.6. The van der Waals surface area contributed by atoms with Crippen LogP contribution in [0.15, 0.2) is 24.3 Å². The van der Waals surface area contributed by atoms with E-state index in [4.69, 9.17) is 0 Å². The largest absolute Gasteiger partial charge is 0.384 e. The molecule has 0 aromatic heterocycles. The first-order valence-electron chi connectivity index (χ1n) is 7.14. The van der Waals surface area contributed by atoms with Gasteiger partial charge in [-0.15, -0.1) is 0 Å². The van der Waals surface area contributed by atoms with Crippen molar-refractivity contribution in [1.29, 1.82) is 0 Å². The molecule has 1 aliphatic heterocycles. The van der Waals surface area contributed by atoms with Crippen LogP contribution in [0.1, 0.15) is 56.1 Å². The summed E-state index contributed by atoms with van der Waals surface area (Å²) >= 11 is 1.90. The van der Waals surface area contributed by atoms with Gasteiger partial charge in [0.25, 0.3) is 0 Å². The summed E-state index contributed by atoms with van der Waals surface area (Å²) in [7, 11) is 0. The van der Waals surface area contributed by atoms with Gasteiger partial charge in [-0.05, 0) is 48.5 Å². The van der Waals surface area contributed by atoms with Crippen molar-refractivity contribution in [2.75, 3.05) is 5.75 Å². The molecule has 0 radical (unpaired) electrons. The van der Waals surface area contributed by atoms with Crippen molar-refractivity contribution in [3.63, 3.8) is 0 Å². The molecule has 2 fully saturated rings. The molecular formula is C16H22OS. The summed E-state index contributed by atoms with van der Waals surface area (Å²) in [6.07, 6.45) is 6.05. The summed E-state index contributed by atoms with van der Waals surface area (Å²) in [5.41, 5.74) is 1.98. The maximum atomic E-state index is 11.0. The highest BCUT2D eigenvalue weighted by molar-refractivity contribution is 8.00. The number of thioether (sulfide) groups is 1. The Bertz CT molecular complexity index is 427. The molecule has 1 saturated carbocycles. The van der Waals surface area contributed by atoms with Crippen LogP contribution in [0.25, 0.3) is 0 Å². The third-order valence-electron chi connectivity index (χ3n) is 4.71. The van der Waals surface area contributed by atoms with Crippen LogP contribution in [0.3, 0.4) is 0 Å². The van der Waals surface area contributed by atoms with Crippen LogP contribution in [-0.4, -0.2) is 16.1 Å². The first-order chi connectivity index (χ1) is 8.70. The molecule has 2 unspecified atom stereocenters. The molecule has 2 atom stereocenters. The molecule has 0 bridgehead atoms. The van der Waals surface area contributed by atoms with Gasteiger partial charge < -0.3 is 5.11 Å². The average Bonchev–Trinajstić information content (AvgIpc) is 2.31. The van der Waals surface area contributed by atoms with Crippen molar-refractivity contribution in [1.82, 2.24) is 0 Å². The molecular weight excluding hydrogens is 240 g/mol. The molecule has 18 heavy (non-hydrogen) atoms. The van der Waals surface area contributed by atoms with Crippen LogP contribution in [-0.2, 0) is 5.60 Å². The van der Waals surface area contributed by atoms with Crippen molar-refractivity contribution in [2.45, 2.75) is 55.8 Å². The molecule has 1 aromatic carbocycles. The number of aliphatic hydroxyl groups is 1. The minimum absolute atomic E-state index is 0.308. The summed E-state index contributed by atoms with van der Waals surface area (Å²) in [4.78, 5) is 0. The van der Waals surface area contributed by atoms with Crippen LogP contribution >= 0.6 is 11.8 Å². The van der Waals surface area contributed by atoms with Crippen molar-refractivity contribution < 1.29 is 5.11 Å². The normalized spacial score (nSPS) is 33.1. The van der Waals surface area contributed by atoms with E-state index in [2.05, 4.69) is 31.2 Å². The lowest BCUT2D eigenvalue weighted by molar-refractivity contribution is 0.0253. The molecule has 1 saturated heterocycles. The fraction of sp³-hybridized carbons (Fsp3) is 0.625. The van der Waals surface area contributed by atoms with Crippen LogP contribution in [0.4, 0.5) is 0 Å². The van der Waals surface area contributed by atoms with E-state index in [1.54, 1.807) is 0 Å². The predicted molar refractivity (Wildman–Crippen MR) is 78.1 cm³/mol. The zero-order valence-corrected chi connectivity index (χ0v) is 11.9. The molecule has 2 aliphatic rings. The fourth-order valence-electron chi connectivity index (χ4n) is 3.13. The van der Waals surface area contributed by atoms with E-state index in [1.807, 2.05) is 11.8 Å². The standard InChI is InChI=1S/C16H22OS/c1-12-16(17,9-4-10-18-12)15-8-3-7-14(11-15)13-5-2-6-13/h3,7-8,11-13,17H,2,4-6,9-10H2,1H3. The molecule has 0 amide bonds. The van der Waals surface area contributed by atoms with Crippen molar-refractivity contribution in [3.05, 3.63) is 35.4 Å². The molecule has 98 valence electrons. The Labute approximate surface area is 114 Å². The van der Waals surface area contributed by atoms with Gasteiger partial charge >= 0.3 is 0 Å². The van der Waals surface area contributed by atoms with E-state index < -0.39 is 5.60 Å². The Hall–Kier alpha value is -0.470. The minimum atomic E-state index is -0.608. The van der Waals surface area contributed by atoms with Gasteiger partial charge in [-0.2, -0.15) is 11.8 Å². The quantitative estimate of drug-likeness (QED) is 0.867. The second kappa shape index (κ2) is 4.90. The lowest BCUT2D eigenvalue weighted by Crippen LogP contribution is -2.38. The van der Waals surface area contributed by atoms with Gasteiger partial charge in [0.05, 0.1) is 0 Å². The Morgan fingerprint density at radius 3 is 2.78 bits per heavy atom. The van der Waals surface area contributed by atoms with E-state index >= 15 is 0 Å². The molecule has 1 aliphatic carbocycles. The predicted octanol–water partition coefficient (Wildman–Crippen LogP) is 4.06. The lowest BCUT2D eigenvalue weighted by atomic mass is 9.77. The van der Waals surface area contributed by atoms with Crippen LogP contribution in [0.2, 0.25) is 0 Å². The Kier molecular flexibility index (Phi) is 3.42. The summed E-state index contributed by atoms with van der Waals surface area (Å²) in [5.74, 6) is 1.94. The number of hydrogen-bond donors (Lipinski definition) is 1. The van der Waals surface area contributed by atoms with E-state index in [-0.39, 0.29) is 0 Å².